The number of benzene rings is 1. The van der Waals surface area contributed by atoms with Gasteiger partial charge in [-0.2, -0.15) is 0 Å². The molecule has 0 aliphatic rings. The molecular formula is C13H12N2O4. The van der Waals surface area contributed by atoms with Crippen LogP contribution in [0.25, 0.3) is 0 Å². The first kappa shape index (κ1) is 12.7. The van der Waals surface area contributed by atoms with Crippen molar-refractivity contribution in [2.45, 2.75) is 0 Å². The van der Waals surface area contributed by atoms with Gasteiger partial charge in [-0.25, -0.2) is 0 Å². The van der Waals surface area contributed by atoms with Crippen molar-refractivity contribution in [1.29, 1.82) is 0 Å². The number of anilines is 1. The molecule has 0 saturated heterocycles. The van der Waals surface area contributed by atoms with Crippen LogP contribution in [0, 0.1) is 0 Å². The summed E-state index contributed by atoms with van der Waals surface area (Å²) in [6.45, 7) is 0. The number of ether oxygens (including phenoxy) is 1. The Hall–Kier alpha value is -2.76. The lowest BCUT2D eigenvalue weighted by Gasteiger charge is -2.07. The molecule has 1 amide bonds. The molecule has 0 spiro atoms. The first-order chi connectivity index (χ1) is 9.10. The third kappa shape index (κ3) is 2.92. The van der Waals surface area contributed by atoms with Gasteiger partial charge in [0.15, 0.2) is 11.5 Å². The standard InChI is InChI=1S/C13H12N2O4/c1-19-11-4-3-9(6-10(11)16)15-13(18)8-2-5-12(17)14-7-8/h2-7,16H,1H3,(H,14,17)(H,15,18). The lowest BCUT2D eigenvalue weighted by Crippen LogP contribution is -2.14. The number of methoxy groups -OCH3 is 1. The van der Waals surface area contributed by atoms with Crippen molar-refractivity contribution in [2.75, 3.05) is 12.4 Å². The Kier molecular flexibility index (Phi) is 3.51. The highest BCUT2D eigenvalue weighted by atomic mass is 16.5. The number of hydrogen-bond acceptors (Lipinski definition) is 4. The molecule has 0 unspecified atom stereocenters. The molecule has 0 aliphatic heterocycles. The molecule has 0 fully saturated rings. The Morgan fingerprint density at radius 3 is 2.68 bits per heavy atom. The van der Waals surface area contributed by atoms with Crippen LogP contribution in [0.4, 0.5) is 5.69 Å². The molecule has 2 rings (SSSR count). The van der Waals surface area contributed by atoms with E-state index in [1.807, 2.05) is 0 Å². The number of aromatic nitrogens is 1. The van der Waals surface area contributed by atoms with E-state index in [4.69, 9.17) is 4.74 Å². The summed E-state index contributed by atoms with van der Waals surface area (Å²) in [6.07, 6.45) is 1.32. The van der Waals surface area contributed by atoms with Gasteiger partial charge in [0.25, 0.3) is 5.91 Å². The molecule has 6 nitrogen and oxygen atoms in total. The van der Waals surface area contributed by atoms with Gasteiger partial charge in [0, 0.05) is 24.0 Å². The number of amides is 1. The molecule has 3 N–H and O–H groups in total. The van der Waals surface area contributed by atoms with Crippen LogP contribution in [-0.4, -0.2) is 23.1 Å². The van der Waals surface area contributed by atoms with Gasteiger partial charge in [-0.15, -0.1) is 0 Å². The van der Waals surface area contributed by atoms with Crippen molar-refractivity contribution >= 4 is 11.6 Å². The number of H-pyrrole nitrogens is 1. The van der Waals surface area contributed by atoms with Crippen LogP contribution in [0.3, 0.4) is 0 Å². The molecule has 0 radical (unpaired) electrons. The highest BCUT2D eigenvalue weighted by Gasteiger charge is 2.08. The van der Waals surface area contributed by atoms with Gasteiger partial charge in [0.1, 0.15) is 0 Å². The predicted molar refractivity (Wildman–Crippen MR) is 69.7 cm³/mol. The van der Waals surface area contributed by atoms with Crippen LogP contribution >= 0.6 is 0 Å². The largest absolute Gasteiger partial charge is 0.504 e. The minimum Gasteiger partial charge on any atom is -0.504 e. The Balaban J connectivity index is 2.17. The van der Waals surface area contributed by atoms with Crippen molar-refractivity contribution in [3.8, 4) is 11.5 Å². The van der Waals surface area contributed by atoms with E-state index in [1.54, 1.807) is 6.07 Å². The molecule has 6 heteroatoms. The maximum Gasteiger partial charge on any atom is 0.257 e. The number of hydrogen-bond donors (Lipinski definition) is 3. The van der Waals surface area contributed by atoms with E-state index in [1.165, 1.54) is 37.6 Å². The monoisotopic (exact) mass is 260 g/mol. The fourth-order valence-electron chi connectivity index (χ4n) is 1.52. The topological polar surface area (TPSA) is 91.4 Å². The summed E-state index contributed by atoms with van der Waals surface area (Å²) in [7, 11) is 1.44. The smallest absolute Gasteiger partial charge is 0.257 e. The van der Waals surface area contributed by atoms with E-state index < -0.39 is 0 Å². The van der Waals surface area contributed by atoms with Gasteiger partial charge in [-0.3, -0.25) is 9.59 Å². The van der Waals surface area contributed by atoms with Gasteiger partial charge in [-0.05, 0) is 18.2 Å². The minimum atomic E-state index is -0.388. The highest BCUT2D eigenvalue weighted by molar-refractivity contribution is 6.04. The zero-order valence-electron chi connectivity index (χ0n) is 10.1. The fraction of sp³-hybridized carbons (Fsp3) is 0.0769. The maximum atomic E-state index is 11.8. The zero-order valence-corrected chi connectivity index (χ0v) is 10.1. The van der Waals surface area contributed by atoms with Crippen LogP contribution in [0.15, 0.2) is 41.3 Å². The molecule has 19 heavy (non-hydrogen) atoms. The molecule has 0 aliphatic carbocycles. The van der Waals surface area contributed by atoms with Crippen LogP contribution in [0.1, 0.15) is 10.4 Å². The van der Waals surface area contributed by atoms with Gasteiger partial charge in [0.05, 0.1) is 12.7 Å². The molecule has 0 saturated carbocycles. The summed E-state index contributed by atoms with van der Waals surface area (Å²) >= 11 is 0. The highest BCUT2D eigenvalue weighted by Crippen LogP contribution is 2.28. The molecule has 0 bridgehead atoms. The first-order valence-electron chi connectivity index (χ1n) is 5.47. The number of rotatable bonds is 3. The molecule has 0 atom stereocenters. The summed E-state index contributed by atoms with van der Waals surface area (Å²) in [5, 5.41) is 12.2. The minimum absolute atomic E-state index is 0.0678. The number of aromatic amines is 1. The van der Waals surface area contributed by atoms with Crippen LogP contribution in [0.2, 0.25) is 0 Å². The van der Waals surface area contributed by atoms with E-state index in [2.05, 4.69) is 10.3 Å². The summed E-state index contributed by atoms with van der Waals surface area (Å²) < 4.78 is 4.90. The van der Waals surface area contributed by atoms with E-state index in [9.17, 15) is 14.7 Å². The van der Waals surface area contributed by atoms with Gasteiger partial charge >= 0.3 is 0 Å². The normalized spacial score (nSPS) is 9.95. The van der Waals surface area contributed by atoms with E-state index in [-0.39, 0.29) is 17.2 Å². The number of carbonyl (C=O) groups excluding carboxylic acids is 1. The number of pyridine rings is 1. The SMILES string of the molecule is COc1ccc(NC(=O)c2ccc(=O)[nH]c2)cc1O. The zero-order chi connectivity index (χ0) is 13.8. The summed E-state index contributed by atoms with van der Waals surface area (Å²) in [5.74, 6) is -0.135. The van der Waals surface area contributed by atoms with Gasteiger partial charge in [-0.1, -0.05) is 0 Å². The van der Waals surface area contributed by atoms with Crippen LogP contribution in [-0.2, 0) is 0 Å². The first-order valence-corrected chi connectivity index (χ1v) is 5.47. The van der Waals surface area contributed by atoms with Gasteiger partial charge in [0.2, 0.25) is 5.56 Å². The van der Waals surface area contributed by atoms with Crippen LogP contribution < -0.4 is 15.6 Å². The number of phenolic OH excluding ortho intramolecular Hbond substituents is 1. The average molecular weight is 260 g/mol. The average Bonchev–Trinajstić information content (AvgIpc) is 2.39. The maximum absolute atomic E-state index is 11.8. The third-order valence-electron chi connectivity index (χ3n) is 2.48. The Bertz CT molecular complexity index is 643. The lowest BCUT2D eigenvalue weighted by molar-refractivity contribution is 0.102. The number of nitrogens with one attached hydrogen (secondary N) is 2. The molecule has 1 aromatic carbocycles. The number of aromatic hydroxyl groups is 1. The number of phenols is 1. The summed E-state index contributed by atoms with van der Waals surface area (Å²) in [5.41, 5.74) is 0.461. The van der Waals surface area contributed by atoms with Crippen molar-refractivity contribution < 1.29 is 14.6 Å². The van der Waals surface area contributed by atoms with Crippen molar-refractivity contribution in [1.82, 2.24) is 4.98 Å². The Morgan fingerprint density at radius 1 is 1.32 bits per heavy atom. The summed E-state index contributed by atoms with van der Waals surface area (Å²) in [4.78, 5) is 25.1. The molecule has 1 aromatic heterocycles. The van der Waals surface area contributed by atoms with Crippen molar-refractivity contribution in [3.63, 3.8) is 0 Å². The molecule has 1 heterocycles. The molecule has 2 aromatic rings. The van der Waals surface area contributed by atoms with Gasteiger partial charge < -0.3 is 20.1 Å². The Morgan fingerprint density at radius 2 is 2.11 bits per heavy atom. The second-order valence-electron chi connectivity index (χ2n) is 3.78. The van der Waals surface area contributed by atoms with Crippen molar-refractivity contribution in [2.24, 2.45) is 0 Å². The predicted octanol–water partition coefficient (Wildman–Crippen LogP) is 1.34. The second kappa shape index (κ2) is 5.26. The Labute approximate surface area is 108 Å². The van der Waals surface area contributed by atoms with Crippen LogP contribution in [0.5, 0.6) is 11.5 Å². The van der Waals surface area contributed by atoms with E-state index in [0.717, 1.165) is 0 Å². The van der Waals surface area contributed by atoms with Crippen molar-refractivity contribution in [3.05, 3.63) is 52.4 Å². The molecular weight excluding hydrogens is 248 g/mol. The quantitative estimate of drug-likeness (QED) is 0.776. The lowest BCUT2D eigenvalue weighted by atomic mass is 10.2. The second-order valence-corrected chi connectivity index (χ2v) is 3.78. The van der Waals surface area contributed by atoms with E-state index >= 15 is 0 Å². The fourth-order valence-corrected chi connectivity index (χ4v) is 1.52. The number of carbonyl (C=O) groups is 1. The van der Waals surface area contributed by atoms with E-state index in [0.29, 0.717) is 17.0 Å². The third-order valence-corrected chi connectivity index (χ3v) is 2.48. The summed E-state index contributed by atoms with van der Waals surface area (Å²) in [6, 6.07) is 7.19. The molecule has 98 valence electrons.